The summed E-state index contributed by atoms with van der Waals surface area (Å²) in [5.74, 6) is -0.0512. The lowest BCUT2D eigenvalue weighted by molar-refractivity contribution is -0.895. The Morgan fingerprint density at radius 3 is 2.25 bits per heavy atom. The predicted octanol–water partition coefficient (Wildman–Crippen LogP) is 1.14. The van der Waals surface area contributed by atoms with Crippen LogP contribution in [0, 0.1) is 20.8 Å². The lowest BCUT2D eigenvalue weighted by Crippen LogP contribution is -3.15. The van der Waals surface area contributed by atoms with Crippen molar-refractivity contribution in [3.8, 4) is 0 Å². The molecular formula is C21H28N3O3S+. The van der Waals surface area contributed by atoms with E-state index in [0.29, 0.717) is 37.6 Å². The summed E-state index contributed by atoms with van der Waals surface area (Å²) in [5, 5.41) is 2.91. The van der Waals surface area contributed by atoms with Crippen molar-refractivity contribution in [3.63, 3.8) is 0 Å². The number of carbonyl (C=O) groups excluding carboxylic acids is 1. The van der Waals surface area contributed by atoms with Gasteiger partial charge in [0.1, 0.15) is 0 Å². The predicted molar refractivity (Wildman–Crippen MR) is 110 cm³/mol. The number of benzene rings is 2. The van der Waals surface area contributed by atoms with Gasteiger partial charge in [0, 0.05) is 5.69 Å². The monoisotopic (exact) mass is 402 g/mol. The van der Waals surface area contributed by atoms with Crippen molar-refractivity contribution in [3.05, 3.63) is 59.2 Å². The van der Waals surface area contributed by atoms with E-state index in [1.165, 1.54) is 4.31 Å². The van der Waals surface area contributed by atoms with E-state index in [1.54, 1.807) is 6.07 Å². The zero-order valence-electron chi connectivity index (χ0n) is 16.7. The highest BCUT2D eigenvalue weighted by molar-refractivity contribution is 7.89. The summed E-state index contributed by atoms with van der Waals surface area (Å²) in [6, 6.07) is 13.2. The first-order chi connectivity index (χ1) is 13.3. The van der Waals surface area contributed by atoms with E-state index in [1.807, 2.05) is 57.2 Å². The molecule has 6 nitrogen and oxygen atoms in total. The zero-order valence-corrected chi connectivity index (χ0v) is 17.5. The van der Waals surface area contributed by atoms with Gasteiger partial charge in [0.2, 0.25) is 10.0 Å². The van der Waals surface area contributed by atoms with E-state index in [-0.39, 0.29) is 5.91 Å². The molecule has 0 spiro atoms. The molecule has 2 N–H and O–H groups in total. The Balaban J connectivity index is 1.57. The Kier molecular flexibility index (Phi) is 6.17. The van der Waals surface area contributed by atoms with Gasteiger partial charge >= 0.3 is 0 Å². The molecule has 0 atom stereocenters. The molecule has 0 saturated carbocycles. The smallest absolute Gasteiger partial charge is 0.279 e. The number of carbonyl (C=O) groups is 1. The average molecular weight is 403 g/mol. The second-order valence-corrected chi connectivity index (χ2v) is 9.42. The minimum atomic E-state index is -3.50. The van der Waals surface area contributed by atoms with Gasteiger partial charge in [-0.15, -0.1) is 0 Å². The highest BCUT2D eigenvalue weighted by Gasteiger charge is 2.32. The van der Waals surface area contributed by atoms with Gasteiger partial charge in [-0.25, -0.2) is 8.42 Å². The Morgan fingerprint density at radius 2 is 1.61 bits per heavy atom. The highest BCUT2D eigenvalue weighted by atomic mass is 32.2. The van der Waals surface area contributed by atoms with E-state index in [9.17, 15) is 13.2 Å². The standard InChI is InChI=1S/C21H27N3O3S/c1-16-5-8-19(9-6-16)22-21(25)15-23-10-12-24(13-11-23)28(26,27)20-14-17(2)4-7-18(20)3/h4-9,14H,10-13,15H2,1-3H3,(H,22,25)/p+1. The maximum Gasteiger partial charge on any atom is 0.279 e. The molecule has 2 aromatic carbocycles. The number of rotatable bonds is 5. The van der Waals surface area contributed by atoms with E-state index < -0.39 is 10.0 Å². The number of piperazine rings is 1. The summed E-state index contributed by atoms with van der Waals surface area (Å²) >= 11 is 0. The van der Waals surface area contributed by atoms with Crippen LogP contribution in [0.3, 0.4) is 0 Å². The molecule has 0 unspecified atom stereocenters. The van der Waals surface area contributed by atoms with Gasteiger partial charge in [0.05, 0.1) is 31.1 Å². The molecule has 3 rings (SSSR count). The highest BCUT2D eigenvalue weighted by Crippen LogP contribution is 2.21. The number of hydrogen-bond acceptors (Lipinski definition) is 3. The Labute approximate surface area is 167 Å². The summed E-state index contributed by atoms with van der Waals surface area (Å²) in [7, 11) is -3.50. The minimum absolute atomic E-state index is 0.0512. The summed E-state index contributed by atoms with van der Waals surface area (Å²) in [6.45, 7) is 8.13. The van der Waals surface area contributed by atoms with Crippen LogP contribution in [0.4, 0.5) is 5.69 Å². The third kappa shape index (κ3) is 4.79. The molecule has 0 aromatic heterocycles. The van der Waals surface area contributed by atoms with E-state index in [4.69, 9.17) is 0 Å². The third-order valence-electron chi connectivity index (χ3n) is 5.14. The van der Waals surface area contributed by atoms with Crippen LogP contribution in [0.25, 0.3) is 0 Å². The summed E-state index contributed by atoms with van der Waals surface area (Å²) < 4.78 is 27.5. The SMILES string of the molecule is Cc1ccc(NC(=O)C[NH+]2CCN(S(=O)(=O)c3cc(C)ccc3C)CC2)cc1. The molecule has 0 aliphatic carbocycles. The van der Waals surface area contributed by atoms with Crippen molar-refractivity contribution in [2.45, 2.75) is 25.7 Å². The summed E-state index contributed by atoms with van der Waals surface area (Å²) in [4.78, 5) is 13.8. The number of anilines is 1. The minimum Gasteiger partial charge on any atom is -0.325 e. The lowest BCUT2D eigenvalue weighted by Gasteiger charge is -2.31. The molecule has 1 aliphatic heterocycles. The van der Waals surface area contributed by atoms with Crippen molar-refractivity contribution >= 4 is 21.6 Å². The maximum atomic E-state index is 13.0. The molecule has 150 valence electrons. The number of amides is 1. The first-order valence-corrected chi connectivity index (χ1v) is 11.0. The second kappa shape index (κ2) is 8.43. The van der Waals surface area contributed by atoms with Crippen LogP contribution in [-0.4, -0.2) is 51.4 Å². The fraction of sp³-hybridized carbons (Fsp3) is 0.381. The lowest BCUT2D eigenvalue weighted by atomic mass is 10.2. The van der Waals surface area contributed by atoms with Crippen molar-refractivity contribution in [2.24, 2.45) is 0 Å². The van der Waals surface area contributed by atoms with Crippen molar-refractivity contribution in [1.29, 1.82) is 0 Å². The molecule has 1 amide bonds. The number of nitrogens with zero attached hydrogens (tertiary/aromatic N) is 1. The second-order valence-electron chi connectivity index (χ2n) is 7.51. The van der Waals surface area contributed by atoms with Crippen LogP contribution < -0.4 is 10.2 Å². The molecule has 0 radical (unpaired) electrons. The van der Waals surface area contributed by atoms with Gasteiger partial charge in [-0.1, -0.05) is 29.8 Å². The molecule has 1 aliphatic rings. The van der Waals surface area contributed by atoms with Gasteiger partial charge in [-0.2, -0.15) is 4.31 Å². The molecular weight excluding hydrogens is 374 g/mol. The summed E-state index contributed by atoms with van der Waals surface area (Å²) in [6.07, 6.45) is 0. The largest absolute Gasteiger partial charge is 0.325 e. The molecule has 1 saturated heterocycles. The average Bonchev–Trinajstić information content (AvgIpc) is 2.66. The number of sulfonamides is 1. The van der Waals surface area contributed by atoms with Crippen LogP contribution in [0.2, 0.25) is 0 Å². The van der Waals surface area contributed by atoms with Gasteiger partial charge in [0.25, 0.3) is 5.91 Å². The molecule has 1 fully saturated rings. The van der Waals surface area contributed by atoms with Crippen LogP contribution in [-0.2, 0) is 14.8 Å². The van der Waals surface area contributed by atoms with Crippen molar-refractivity contribution < 1.29 is 18.1 Å². The van der Waals surface area contributed by atoms with Crippen LogP contribution in [0.5, 0.6) is 0 Å². The van der Waals surface area contributed by atoms with Crippen LogP contribution in [0.1, 0.15) is 16.7 Å². The van der Waals surface area contributed by atoms with Crippen LogP contribution in [0.15, 0.2) is 47.4 Å². The Hall–Kier alpha value is -2.22. The maximum absolute atomic E-state index is 13.0. The van der Waals surface area contributed by atoms with Crippen LogP contribution >= 0.6 is 0 Å². The van der Waals surface area contributed by atoms with E-state index >= 15 is 0 Å². The number of hydrogen-bond donors (Lipinski definition) is 2. The van der Waals surface area contributed by atoms with Gasteiger partial charge in [-0.3, -0.25) is 4.79 Å². The molecule has 28 heavy (non-hydrogen) atoms. The number of nitrogens with one attached hydrogen (secondary N) is 2. The van der Waals surface area contributed by atoms with Crippen molar-refractivity contribution in [1.82, 2.24) is 4.31 Å². The first kappa shape index (κ1) is 20.5. The normalized spacial score (nSPS) is 16.1. The van der Waals surface area contributed by atoms with Crippen molar-refractivity contribution in [2.75, 3.05) is 38.0 Å². The molecule has 2 aromatic rings. The first-order valence-electron chi connectivity index (χ1n) is 9.53. The van der Waals surface area contributed by atoms with Gasteiger partial charge in [0.15, 0.2) is 6.54 Å². The Bertz CT molecular complexity index is 947. The fourth-order valence-electron chi connectivity index (χ4n) is 3.41. The van der Waals surface area contributed by atoms with Gasteiger partial charge < -0.3 is 10.2 Å². The zero-order chi connectivity index (χ0) is 20.3. The summed E-state index contributed by atoms with van der Waals surface area (Å²) in [5.41, 5.74) is 3.62. The Morgan fingerprint density at radius 1 is 1.00 bits per heavy atom. The topological polar surface area (TPSA) is 70.9 Å². The van der Waals surface area contributed by atoms with E-state index in [0.717, 1.165) is 27.3 Å². The van der Waals surface area contributed by atoms with Gasteiger partial charge in [-0.05, 0) is 50.1 Å². The molecule has 0 bridgehead atoms. The quantitative estimate of drug-likeness (QED) is 0.788. The molecule has 7 heteroatoms. The number of quaternary nitrogens is 1. The van der Waals surface area contributed by atoms with E-state index in [2.05, 4.69) is 5.32 Å². The fourth-order valence-corrected chi connectivity index (χ4v) is 5.16. The third-order valence-corrected chi connectivity index (χ3v) is 7.18. The number of aryl methyl sites for hydroxylation is 3. The molecule has 1 heterocycles.